The molecule has 0 aliphatic heterocycles. The Hall–Kier alpha value is -1.45. The fourth-order valence-corrected chi connectivity index (χ4v) is 0.859. The molecule has 0 radical (unpaired) electrons. The summed E-state index contributed by atoms with van der Waals surface area (Å²) in [6.45, 7) is 0.538. The lowest BCUT2D eigenvalue weighted by Gasteiger charge is -1.89. The van der Waals surface area contributed by atoms with Gasteiger partial charge in [-0.15, -0.1) is 0 Å². The van der Waals surface area contributed by atoms with Gasteiger partial charge in [0.1, 0.15) is 18.9 Å². The van der Waals surface area contributed by atoms with Gasteiger partial charge < -0.3 is 9.66 Å². The number of hydrogen-bond donors (Lipinski definition) is 2. The van der Waals surface area contributed by atoms with Crippen LogP contribution in [0.1, 0.15) is 6.42 Å². The Balaban J connectivity index is 0.000000385. The average Bonchev–Trinajstić information content (AvgIpc) is 2.44. The smallest absolute Gasteiger partial charge is 0.307 e. The Labute approximate surface area is 92.3 Å². The summed E-state index contributed by atoms with van der Waals surface area (Å²) in [7, 11) is -3.02. The molecular weight excluding hydrogens is 240 g/mol. The van der Waals surface area contributed by atoms with Crippen LogP contribution in [-0.4, -0.2) is 33.2 Å². The van der Waals surface area contributed by atoms with Gasteiger partial charge in [0.25, 0.3) is 0 Å². The van der Waals surface area contributed by atoms with E-state index in [1.54, 1.807) is 0 Å². The second-order valence-electron chi connectivity index (χ2n) is 2.89. The molecule has 0 saturated carbocycles. The monoisotopic (exact) mass is 252 g/mol. The van der Waals surface area contributed by atoms with Crippen LogP contribution in [0, 0.1) is 0 Å². The highest BCUT2D eigenvalue weighted by atomic mass is 32.3. The average molecular weight is 252 g/mol. The van der Waals surface area contributed by atoms with Crippen molar-refractivity contribution < 1.29 is 32.0 Å². The molecule has 1 aromatic rings. The number of imidazole rings is 1. The van der Waals surface area contributed by atoms with Crippen LogP contribution in [0.15, 0.2) is 18.7 Å². The number of aliphatic carboxylic acids is 1. The van der Waals surface area contributed by atoms with E-state index in [-0.39, 0.29) is 6.42 Å². The second-order valence-corrected chi connectivity index (χ2v) is 3.74. The lowest BCUT2D eigenvalue weighted by molar-refractivity contribution is -0.671. The molecule has 9 heteroatoms. The topological polar surface area (TPSA) is 124 Å². The van der Waals surface area contributed by atoms with Gasteiger partial charge in [0, 0.05) is 0 Å². The van der Waals surface area contributed by atoms with Gasteiger partial charge in [-0.05, 0) is 0 Å². The first-order valence-corrected chi connectivity index (χ1v) is 5.46. The molecule has 0 amide bonds. The van der Waals surface area contributed by atoms with Gasteiger partial charge in [-0.25, -0.2) is 17.6 Å². The zero-order valence-electron chi connectivity index (χ0n) is 8.48. The summed E-state index contributed by atoms with van der Waals surface area (Å²) >= 11 is 0. The van der Waals surface area contributed by atoms with Gasteiger partial charge in [0.15, 0.2) is 0 Å². The van der Waals surface area contributed by atoms with Crippen molar-refractivity contribution >= 4 is 16.4 Å². The summed E-state index contributed by atoms with van der Waals surface area (Å²) in [6.07, 6.45) is 5.75. The number of carboxylic acids is 1. The van der Waals surface area contributed by atoms with Crippen molar-refractivity contribution in [3.63, 3.8) is 0 Å². The van der Waals surface area contributed by atoms with Crippen LogP contribution in [0.25, 0.3) is 0 Å². The number of carboxylic acid groups (broad SMARTS) is 1. The molecule has 0 aliphatic carbocycles. The predicted octanol–water partition coefficient (Wildman–Crippen LogP) is -1.21. The standard InChI is InChI=1S/C7H10N2O2.H2O4S/c1-8-4-5-9(6-8)3-2-7(10)11;1-5(2,3)4/h4-6H,2-3H2,1H3;(H2,1,2,3,4). The molecule has 0 fully saturated rings. The van der Waals surface area contributed by atoms with E-state index in [9.17, 15) is 4.79 Å². The van der Waals surface area contributed by atoms with Crippen LogP contribution in [0.4, 0.5) is 0 Å². The van der Waals surface area contributed by atoms with Crippen LogP contribution < -0.4 is 4.57 Å². The normalized spacial score (nSPS) is 10.4. The number of aromatic nitrogens is 2. The van der Waals surface area contributed by atoms with Crippen molar-refractivity contribution in [3.8, 4) is 0 Å². The summed E-state index contributed by atoms with van der Waals surface area (Å²) in [6, 6.07) is 0. The minimum atomic E-state index is -4.92. The van der Waals surface area contributed by atoms with Gasteiger partial charge in [-0.3, -0.25) is 9.35 Å². The molecule has 16 heavy (non-hydrogen) atoms. The van der Waals surface area contributed by atoms with Crippen LogP contribution >= 0.6 is 0 Å². The second kappa shape index (κ2) is 6.20. The van der Waals surface area contributed by atoms with Crippen molar-refractivity contribution in [2.75, 3.05) is 0 Å². The Bertz CT molecular complexity index is 429. The summed E-state index contributed by atoms with van der Waals surface area (Å²) in [5, 5.41) is 8.36. The molecule has 1 rings (SSSR count). The van der Waals surface area contributed by atoms with Gasteiger partial charge in [-0.2, -0.15) is 0 Å². The van der Waals surface area contributed by atoms with Crippen LogP contribution in [0.3, 0.4) is 0 Å². The van der Waals surface area contributed by atoms with Crippen molar-refractivity contribution in [1.82, 2.24) is 4.57 Å². The minimum absolute atomic E-state index is 0.175. The summed E-state index contributed by atoms with van der Waals surface area (Å²) in [5.41, 5.74) is 0. The summed E-state index contributed by atoms with van der Waals surface area (Å²) < 4.78 is 36.6. The molecule has 0 aromatic carbocycles. The van der Waals surface area contributed by atoms with Gasteiger partial charge >= 0.3 is 5.97 Å². The van der Waals surface area contributed by atoms with E-state index in [1.807, 2.05) is 34.9 Å². The van der Waals surface area contributed by atoms with Crippen molar-refractivity contribution in [1.29, 1.82) is 0 Å². The number of rotatable bonds is 3. The first-order valence-electron chi connectivity index (χ1n) is 4.09. The maximum Gasteiger partial charge on any atom is 0.307 e. The van der Waals surface area contributed by atoms with E-state index < -0.39 is 16.4 Å². The number of hydrogen-bond acceptors (Lipinski definition) is 4. The van der Waals surface area contributed by atoms with E-state index in [0.29, 0.717) is 6.54 Å². The van der Waals surface area contributed by atoms with Crippen molar-refractivity contribution in [3.05, 3.63) is 18.7 Å². The van der Waals surface area contributed by atoms with Crippen LogP contribution in [-0.2, 0) is 28.8 Å². The summed E-state index contributed by atoms with van der Waals surface area (Å²) in [5.74, 6) is -0.763. The van der Waals surface area contributed by atoms with Crippen molar-refractivity contribution in [2.24, 2.45) is 7.05 Å². The molecule has 0 saturated heterocycles. The zero-order chi connectivity index (χ0) is 12.8. The largest absolute Gasteiger partial charge is 0.726 e. The lowest BCUT2D eigenvalue weighted by Crippen LogP contribution is -2.23. The number of aryl methyl sites for hydroxylation is 2. The Kier molecular flexibility index (Phi) is 5.64. The Morgan fingerprint density at radius 2 is 2.06 bits per heavy atom. The van der Waals surface area contributed by atoms with Crippen molar-refractivity contribution in [2.45, 2.75) is 13.0 Å². The fourth-order valence-electron chi connectivity index (χ4n) is 0.859. The minimum Gasteiger partial charge on any atom is -0.726 e. The third-order valence-corrected chi connectivity index (χ3v) is 1.41. The molecule has 2 N–H and O–H groups in total. The maximum atomic E-state index is 10.2. The van der Waals surface area contributed by atoms with Gasteiger partial charge in [0.2, 0.25) is 16.7 Å². The first-order chi connectivity index (χ1) is 7.18. The summed E-state index contributed by atoms with van der Waals surface area (Å²) in [4.78, 5) is 10.2. The molecule has 1 heterocycles. The molecule has 92 valence electrons. The molecule has 8 nitrogen and oxygen atoms in total. The highest BCUT2D eigenvalue weighted by molar-refractivity contribution is 7.79. The first kappa shape index (κ1) is 14.6. The molecular formula is C7H12N2O6S. The highest BCUT2D eigenvalue weighted by Gasteiger charge is 2.02. The molecule has 0 aliphatic rings. The van der Waals surface area contributed by atoms with E-state index in [0.717, 1.165) is 0 Å². The highest BCUT2D eigenvalue weighted by Crippen LogP contribution is 1.88. The SMILES string of the molecule is C[n+]1ccn(CCC(=O)O)c1.O=S(=O)([O-])O. The third kappa shape index (κ3) is 10.6. The fraction of sp³-hybridized carbons (Fsp3) is 0.429. The molecule has 1 aromatic heterocycles. The third-order valence-electron chi connectivity index (χ3n) is 1.41. The van der Waals surface area contributed by atoms with Crippen LogP contribution in [0.5, 0.6) is 0 Å². The Morgan fingerprint density at radius 3 is 2.38 bits per heavy atom. The number of carbonyl (C=O) groups is 1. The van der Waals surface area contributed by atoms with E-state index in [2.05, 4.69) is 0 Å². The lowest BCUT2D eigenvalue weighted by atomic mass is 10.4. The van der Waals surface area contributed by atoms with E-state index >= 15 is 0 Å². The predicted molar refractivity (Wildman–Crippen MR) is 50.2 cm³/mol. The molecule has 0 bridgehead atoms. The van der Waals surface area contributed by atoms with Gasteiger partial charge in [-0.1, -0.05) is 0 Å². The number of nitrogens with zero attached hydrogens (tertiary/aromatic N) is 2. The zero-order valence-corrected chi connectivity index (χ0v) is 9.29. The molecule has 0 unspecified atom stereocenters. The quantitative estimate of drug-likeness (QED) is 0.395. The molecule has 0 spiro atoms. The molecule has 0 atom stereocenters. The van der Waals surface area contributed by atoms with E-state index in [4.69, 9.17) is 22.6 Å². The van der Waals surface area contributed by atoms with Crippen LogP contribution in [0.2, 0.25) is 0 Å². The van der Waals surface area contributed by atoms with Gasteiger partial charge in [0.05, 0.1) is 13.5 Å². The maximum absolute atomic E-state index is 10.2. The van der Waals surface area contributed by atoms with E-state index in [1.165, 1.54) is 0 Å². The Morgan fingerprint density at radius 1 is 1.56 bits per heavy atom.